The highest BCUT2D eigenvalue weighted by Crippen LogP contribution is 2.07. The first-order valence-electron chi connectivity index (χ1n) is 5.35. The Labute approximate surface area is 86.8 Å². The fourth-order valence-electron chi connectivity index (χ4n) is 0.548. The molecule has 0 saturated heterocycles. The molecular formula is C10H28NOP. The highest BCUT2D eigenvalue weighted by Gasteiger charge is 2.08. The molecule has 0 heterocycles. The summed E-state index contributed by atoms with van der Waals surface area (Å²) < 4.78 is 5.23. The maximum absolute atomic E-state index is 5.66. The highest BCUT2D eigenvalue weighted by atomic mass is 31.0. The van der Waals surface area contributed by atoms with Gasteiger partial charge in [0.25, 0.3) is 0 Å². The van der Waals surface area contributed by atoms with E-state index in [1.807, 2.05) is 34.6 Å². The first-order chi connectivity index (χ1) is 6.22. The Hall–Kier alpha value is 0.350. The van der Waals surface area contributed by atoms with Gasteiger partial charge in [-0.15, -0.1) is 9.24 Å². The van der Waals surface area contributed by atoms with E-state index in [1.165, 1.54) is 0 Å². The van der Waals surface area contributed by atoms with Gasteiger partial charge in [0.1, 0.15) is 0 Å². The quantitative estimate of drug-likeness (QED) is 0.722. The first-order valence-corrected chi connectivity index (χ1v) is 6.01. The van der Waals surface area contributed by atoms with Crippen molar-refractivity contribution in [3.63, 3.8) is 0 Å². The predicted molar refractivity (Wildman–Crippen MR) is 66.1 cm³/mol. The fraction of sp³-hybridized carbons (Fsp3) is 1.00. The number of hydrogen-bond acceptors (Lipinski definition) is 2. The van der Waals surface area contributed by atoms with Crippen LogP contribution in [0.3, 0.4) is 0 Å². The van der Waals surface area contributed by atoms with Crippen LogP contribution in [0.2, 0.25) is 0 Å². The smallest absolute Gasteiger partial charge is 0.0858 e. The number of nitrogens with two attached hydrogens (primary N) is 1. The molecule has 0 rings (SSSR count). The highest BCUT2D eigenvalue weighted by molar-refractivity contribution is 7.17. The molecule has 3 atom stereocenters. The molecule has 0 aromatic carbocycles. The van der Waals surface area contributed by atoms with Crippen molar-refractivity contribution >= 4 is 9.24 Å². The van der Waals surface area contributed by atoms with Crippen LogP contribution in [-0.4, -0.2) is 18.5 Å². The molecule has 0 aromatic rings. The first kappa shape index (κ1) is 19.0. The van der Waals surface area contributed by atoms with Crippen LogP contribution in [0.15, 0.2) is 0 Å². The summed E-state index contributed by atoms with van der Waals surface area (Å²) in [4.78, 5) is 0. The average molecular weight is 209 g/mol. The van der Waals surface area contributed by atoms with Gasteiger partial charge in [0.15, 0.2) is 0 Å². The van der Waals surface area contributed by atoms with Crippen molar-refractivity contribution < 1.29 is 4.74 Å². The van der Waals surface area contributed by atoms with E-state index in [0.717, 1.165) is 13.0 Å². The van der Waals surface area contributed by atoms with E-state index in [9.17, 15) is 0 Å². The van der Waals surface area contributed by atoms with E-state index in [2.05, 4.69) is 16.2 Å². The third-order valence-electron chi connectivity index (χ3n) is 1.25. The summed E-state index contributed by atoms with van der Waals surface area (Å²) in [5, 5.41) is 0. The zero-order valence-corrected chi connectivity index (χ0v) is 11.3. The van der Waals surface area contributed by atoms with Gasteiger partial charge < -0.3 is 10.5 Å². The Kier molecular flexibility index (Phi) is 26.6. The summed E-state index contributed by atoms with van der Waals surface area (Å²) in [6.07, 6.45) is 0.966. The average Bonchev–Trinajstić information content (AvgIpc) is 2.23. The second kappa shape index (κ2) is 18.2. The van der Waals surface area contributed by atoms with Crippen LogP contribution in [0, 0.1) is 0 Å². The van der Waals surface area contributed by atoms with E-state index in [1.54, 1.807) is 0 Å². The molecule has 0 aliphatic rings. The molecule has 0 radical (unpaired) electrons. The molecule has 13 heavy (non-hydrogen) atoms. The van der Waals surface area contributed by atoms with Crippen LogP contribution in [0.1, 0.15) is 48.0 Å². The van der Waals surface area contributed by atoms with Crippen LogP contribution < -0.4 is 5.73 Å². The Morgan fingerprint density at radius 2 is 1.54 bits per heavy atom. The van der Waals surface area contributed by atoms with Gasteiger partial charge in [0, 0.05) is 12.6 Å². The van der Waals surface area contributed by atoms with Gasteiger partial charge >= 0.3 is 0 Å². The fourth-order valence-corrected chi connectivity index (χ4v) is 1.01. The zero-order valence-electron chi connectivity index (χ0n) is 10.1. The van der Waals surface area contributed by atoms with Gasteiger partial charge in [-0.3, -0.25) is 0 Å². The number of ether oxygens (including phenoxy) is 1. The maximum atomic E-state index is 5.66. The zero-order chi connectivity index (χ0) is 11.3. The largest absolute Gasteiger partial charge is 0.373 e. The summed E-state index contributed by atoms with van der Waals surface area (Å²) in [7, 11) is 2.59. The summed E-state index contributed by atoms with van der Waals surface area (Å²) in [5.41, 5.74) is 5.66. The van der Waals surface area contributed by atoms with Crippen molar-refractivity contribution in [3.05, 3.63) is 0 Å². The summed E-state index contributed by atoms with van der Waals surface area (Å²) in [6, 6.07) is 0.162. The molecule has 2 nitrogen and oxygen atoms in total. The van der Waals surface area contributed by atoms with Gasteiger partial charge in [-0.2, -0.15) is 0 Å². The maximum Gasteiger partial charge on any atom is 0.0858 e. The third-order valence-corrected chi connectivity index (χ3v) is 1.94. The van der Waals surface area contributed by atoms with Crippen molar-refractivity contribution in [2.45, 2.75) is 59.9 Å². The molecule has 2 N–H and O–H groups in total. The minimum absolute atomic E-state index is 0.125. The molecule has 0 saturated carbocycles. The van der Waals surface area contributed by atoms with Gasteiger partial charge in [-0.1, -0.05) is 34.6 Å². The molecule has 3 heteroatoms. The van der Waals surface area contributed by atoms with Crippen molar-refractivity contribution in [2.24, 2.45) is 5.73 Å². The van der Waals surface area contributed by atoms with E-state index >= 15 is 0 Å². The van der Waals surface area contributed by atoms with Crippen LogP contribution in [0.25, 0.3) is 0 Å². The van der Waals surface area contributed by atoms with Crippen LogP contribution >= 0.6 is 9.24 Å². The molecule has 0 amide bonds. The van der Waals surface area contributed by atoms with E-state index in [0.29, 0.717) is 0 Å². The molecule has 0 aliphatic carbocycles. The summed E-state index contributed by atoms with van der Waals surface area (Å²) >= 11 is 0. The Morgan fingerprint density at radius 1 is 1.15 bits per heavy atom. The number of rotatable bonds is 4. The monoisotopic (exact) mass is 209 g/mol. The third kappa shape index (κ3) is 15.1. The van der Waals surface area contributed by atoms with Gasteiger partial charge in [0.05, 0.1) is 5.85 Å². The summed E-state index contributed by atoms with van der Waals surface area (Å²) in [6.45, 7) is 12.8. The molecule has 0 bridgehead atoms. The topological polar surface area (TPSA) is 35.2 Å². The van der Waals surface area contributed by atoms with Crippen LogP contribution in [0.5, 0.6) is 0 Å². The molecule has 3 unspecified atom stereocenters. The van der Waals surface area contributed by atoms with Crippen LogP contribution in [-0.2, 0) is 4.74 Å². The lowest BCUT2D eigenvalue weighted by molar-refractivity contribution is 0.105. The lowest BCUT2D eigenvalue weighted by Crippen LogP contribution is -2.31. The van der Waals surface area contributed by atoms with E-state index in [-0.39, 0.29) is 11.9 Å². The lowest BCUT2D eigenvalue weighted by Gasteiger charge is -2.17. The van der Waals surface area contributed by atoms with Gasteiger partial charge in [-0.05, 0) is 13.3 Å². The number of hydrogen-bond donors (Lipinski definition) is 1. The molecule has 0 spiro atoms. The van der Waals surface area contributed by atoms with Gasteiger partial charge in [0.2, 0.25) is 0 Å². The summed E-state index contributed by atoms with van der Waals surface area (Å²) in [5.74, 6) is 0.125. The normalized spacial score (nSPS) is 12.9. The second-order valence-electron chi connectivity index (χ2n) is 1.99. The minimum Gasteiger partial charge on any atom is -0.373 e. The lowest BCUT2D eigenvalue weighted by atomic mass is 10.2. The van der Waals surface area contributed by atoms with Gasteiger partial charge in [-0.25, -0.2) is 0 Å². The van der Waals surface area contributed by atoms with Crippen molar-refractivity contribution in [1.29, 1.82) is 0 Å². The Morgan fingerprint density at radius 3 is 1.77 bits per heavy atom. The SMILES string of the molecule is CC.CC.CCOC(P)C(N)CC. The molecule has 0 aromatic heterocycles. The molecular weight excluding hydrogens is 181 g/mol. The van der Waals surface area contributed by atoms with Crippen molar-refractivity contribution in [2.75, 3.05) is 6.61 Å². The standard InChI is InChI=1S/C6H16NOP.2C2H6/c1-3-5(7)6(9)8-4-2;2*1-2/h5-6H,3-4,7,9H2,1-2H3;2*1-2H3. The molecule has 84 valence electrons. The van der Waals surface area contributed by atoms with E-state index < -0.39 is 0 Å². The Bertz CT molecular complexity index is 71.9. The molecule has 0 aliphatic heterocycles. The van der Waals surface area contributed by atoms with Crippen molar-refractivity contribution in [1.82, 2.24) is 0 Å². The van der Waals surface area contributed by atoms with Crippen molar-refractivity contribution in [3.8, 4) is 0 Å². The second-order valence-corrected chi connectivity index (χ2v) is 2.65. The predicted octanol–water partition coefficient (Wildman–Crippen LogP) is 3.01. The van der Waals surface area contributed by atoms with E-state index in [4.69, 9.17) is 10.5 Å². The molecule has 0 fully saturated rings. The van der Waals surface area contributed by atoms with Crippen LogP contribution in [0.4, 0.5) is 0 Å². The Balaban J connectivity index is -0.000000218. The minimum atomic E-state index is 0.125.